The van der Waals surface area contributed by atoms with E-state index in [1.807, 2.05) is 37.3 Å². The summed E-state index contributed by atoms with van der Waals surface area (Å²) in [5, 5.41) is 16.9. The van der Waals surface area contributed by atoms with Crippen molar-refractivity contribution in [1.29, 1.82) is 0 Å². The third-order valence-corrected chi connectivity index (χ3v) is 6.06. The number of carbonyl (C=O) groups excluding carboxylic acids is 1. The van der Waals surface area contributed by atoms with E-state index < -0.39 is 6.10 Å². The second kappa shape index (κ2) is 13.9. The van der Waals surface area contributed by atoms with Gasteiger partial charge in [-0.15, -0.1) is 24.0 Å². The number of aliphatic hydroxyl groups excluding tert-OH is 1. The van der Waals surface area contributed by atoms with Crippen molar-refractivity contribution in [2.24, 2.45) is 10.9 Å². The molecule has 1 aromatic carbocycles. The Morgan fingerprint density at radius 1 is 1.16 bits per heavy atom. The van der Waals surface area contributed by atoms with Crippen molar-refractivity contribution >= 4 is 35.8 Å². The first kappa shape index (κ1) is 25.9. The van der Waals surface area contributed by atoms with Crippen LogP contribution in [0.4, 0.5) is 0 Å². The molecule has 2 aliphatic rings. The van der Waals surface area contributed by atoms with E-state index in [1.54, 1.807) is 0 Å². The van der Waals surface area contributed by atoms with Crippen LogP contribution in [0.25, 0.3) is 0 Å². The molecule has 174 valence electrons. The molecule has 8 heteroatoms. The molecule has 1 amide bonds. The number of rotatable bonds is 9. The zero-order valence-electron chi connectivity index (χ0n) is 18.6. The highest BCUT2D eigenvalue weighted by molar-refractivity contribution is 14.0. The SMILES string of the molecule is CCNC(=NCCC(O)c1ccccc1)NCCN1CCN(C(=O)C2CCC2)CC1.I. The van der Waals surface area contributed by atoms with Gasteiger partial charge in [-0.1, -0.05) is 36.8 Å². The summed E-state index contributed by atoms with van der Waals surface area (Å²) in [6.45, 7) is 8.73. The molecule has 7 nitrogen and oxygen atoms in total. The molecule has 1 heterocycles. The van der Waals surface area contributed by atoms with Crippen molar-refractivity contribution in [1.82, 2.24) is 20.4 Å². The maximum atomic E-state index is 12.4. The number of nitrogens with one attached hydrogen (secondary N) is 2. The number of carbonyl (C=O) groups is 1. The van der Waals surface area contributed by atoms with E-state index in [4.69, 9.17) is 0 Å². The molecular weight excluding hydrogens is 505 g/mol. The van der Waals surface area contributed by atoms with E-state index >= 15 is 0 Å². The van der Waals surface area contributed by atoms with Crippen molar-refractivity contribution in [3.8, 4) is 0 Å². The van der Waals surface area contributed by atoms with E-state index in [1.165, 1.54) is 6.42 Å². The minimum Gasteiger partial charge on any atom is -0.388 e. The number of nitrogens with zero attached hydrogens (tertiary/aromatic N) is 3. The van der Waals surface area contributed by atoms with Gasteiger partial charge in [0.25, 0.3) is 0 Å². The fourth-order valence-corrected chi connectivity index (χ4v) is 3.92. The lowest BCUT2D eigenvalue weighted by Gasteiger charge is -2.38. The molecule has 1 unspecified atom stereocenters. The second-order valence-electron chi connectivity index (χ2n) is 8.20. The highest BCUT2D eigenvalue weighted by Gasteiger charge is 2.30. The molecule has 0 aromatic heterocycles. The summed E-state index contributed by atoms with van der Waals surface area (Å²) in [7, 11) is 0. The molecule has 1 saturated carbocycles. The van der Waals surface area contributed by atoms with Crippen LogP contribution in [0, 0.1) is 5.92 Å². The fourth-order valence-electron chi connectivity index (χ4n) is 3.92. The number of piperazine rings is 1. The molecule has 3 N–H and O–H groups in total. The Kier molecular flexibility index (Phi) is 11.6. The van der Waals surface area contributed by atoms with E-state index in [-0.39, 0.29) is 24.0 Å². The Morgan fingerprint density at radius 3 is 2.48 bits per heavy atom. The van der Waals surface area contributed by atoms with E-state index in [0.29, 0.717) is 24.8 Å². The van der Waals surface area contributed by atoms with Gasteiger partial charge in [-0.3, -0.25) is 14.7 Å². The summed E-state index contributed by atoms with van der Waals surface area (Å²) < 4.78 is 0. The highest BCUT2D eigenvalue weighted by Crippen LogP contribution is 2.28. The van der Waals surface area contributed by atoms with Gasteiger partial charge < -0.3 is 20.6 Å². The zero-order chi connectivity index (χ0) is 21.2. The monoisotopic (exact) mass is 543 g/mol. The molecule has 2 fully saturated rings. The van der Waals surface area contributed by atoms with Crippen molar-refractivity contribution < 1.29 is 9.90 Å². The predicted molar refractivity (Wildman–Crippen MR) is 136 cm³/mol. The van der Waals surface area contributed by atoms with Crippen molar-refractivity contribution in [2.75, 3.05) is 52.4 Å². The van der Waals surface area contributed by atoms with E-state index in [9.17, 15) is 9.90 Å². The summed E-state index contributed by atoms with van der Waals surface area (Å²) in [6.07, 6.45) is 3.48. The summed E-state index contributed by atoms with van der Waals surface area (Å²) in [6, 6.07) is 9.72. The first-order valence-electron chi connectivity index (χ1n) is 11.4. The largest absolute Gasteiger partial charge is 0.388 e. The minimum absolute atomic E-state index is 0. The van der Waals surface area contributed by atoms with Crippen LogP contribution in [0.1, 0.15) is 44.3 Å². The van der Waals surface area contributed by atoms with Crippen LogP contribution in [-0.4, -0.2) is 79.1 Å². The Hall–Kier alpha value is -1.39. The van der Waals surface area contributed by atoms with Crippen LogP contribution < -0.4 is 10.6 Å². The number of hydrogen-bond donors (Lipinski definition) is 3. The molecule has 1 atom stereocenters. The quantitative estimate of drug-likeness (QED) is 0.253. The minimum atomic E-state index is -0.489. The average molecular weight is 543 g/mol. The number of aliphatic imine (C=N–C) groups is 1. The Balaban J connectivity index is 0.00000341. The van der Waals surface area contributed by atoms with Gasteiger partial charge in [0.15, 0.2) is 5.96 Å². The maximum Gasteiger partial charge on any atom is 0.225 e. The second-order valence-corrected chi connectivity index (χ2v) is 8.20. The number of benzene rings is 1. The summed E-state index contributed by atoms with van der Waals surface area (Å²) >= 11 is 0. The van der Waals surface area contributed by atoms with Gasteiger partial charge in [0, 0.05) is 58.3 Å². The summed E-state index contributed by atoms with van der Waals surface area (Å²) in [5.74, 6) is 1.47. The highest BCUT2D eigenvalue weighted by atomic mass is 127. The van der Waals surface area contributed by atoms with E-state index in [0.717, 1.165) is 70.2 Å². The smallest absolute Gasteiger partial charge is 0.225 e. The normalized spacial score (nSPS) is 18.6. The van der Waals surface area contributed by atoms with Crippen molar-refractivity contribution in [3.63, 3.8) is 0 Å². The van der Waals surface area contributed by atoms with Crippen LogP contribution in [-0.2, 0) is 4.79 Å². The molecule has 0 spiro atoms. The van der Waals surface area contributed by atoms with Gasteiger partial charge in [-0.25, -0.2) is 0 Å². The topological polar surface area (TPSA) is 80.2 Å². The van der Waals surface area contributed by atoms with Crippen LogP contribution in [0.2, 0.25) is 0 Å². The van der Waals surface area contributed by atoms with Gasteiger partial charge in [0.2, 0.25) is 5.91 Å². The van der Waals surface area contributed by atoms with Gasteiger partial charge in [0.05, 0.1) is 6.10 Å². The maximum absolute atomic E-state index is 12.4. The molecule has 0 radical (unpaired) electrons. The van der Waals surface area contributed by atoms with Crippen LogP contribution >= 0.6 is 24.0 Å². The number of guanidine groups is 1. The van der Waals surface area contributed by atoms with Gasteiger partial charge in [-0.2, -0.15) is 0 Å². The van der Waals surface area contributed by atoms with Crippen molar-refractivity contribution in [3.05, 3.63) is 35.9 Å². The molecule has 1 saturated heterocycles. The van der Waals surface area contributed by atoms with Gasteiger partial charge in [0.1, 0.15) is 0 Å². The molecule has 1 aliphatic heterocycles. The lowest BCUT2D eigenvalue weighted by Crippen LogP contribution is -2.52. The average Bonchev–Trinajstić information content (AvgIpc) is 2.73. The molecule has 31 heavy (non-hydrogen) atoms. The summed E-state index contributed by atoms with van der Waals surface area (Å²) in [5.41, 5.74) is 0.931. The zero-order valence-corrected chi connectivity index (χ0v) is 21.0. The van der Waals surface area contributed by atoms with Crippen LogP contribution in [0.5, 0.6) is 0 Å². The van der Waals surface area contributed by atoms with Crippen molar-refractivity contribution in [2.45, 2.75) is 38.7 Å². The molecular formula is C23H38IN5O2. The number of halogens is 1. The molecule has 1 aliphatic carbocycles. The lowest BCUT2D eigenvalue weighted by atomic mass is 9.84. The lowest BCUT2D eigenvalue weighted by molar-refractivity contribution is -0.139. The first-order chi connectivity index (χ1) is 14.7. The number of amides is 1. The molecule has 3 rings (SSSR count). The first-order valence-corrected chi connectivity index (χ1v) is 11.4. The molecule has 0 bridgehead atoms. The fraction of sp³-hybridized carbons (Fsp3) is 0.652. The van der Waals surface area contributed by atoms with Gasteiger partial charge in [-0.05, 0) is 31.7 Å². The summed E-state index contributed by atoms with van der Waals surface area (Å²) in [4.78, 5) is 21.4. The van der Waals surface area contributed by atoms with Gasteiger partial charge >= 0.3 is 0 Å². The van der Waals surface area contributed by atoms with E-state index in [2.05, 4.69) is 25.4 Å². The standard InChI is InChI=1S/C23H37N5O2.HI/c1-2-24-23(25-12-11-21(29)19-7-4-3-5-8-19)26-13-14-27-15-17-28(18-16-27)22(30)20-9-6-10-20;/h3-5,7-8,20-21,29H,2,6,9-18H2,1H3,(H2,24,25,26);1H. The third kappa shape index (κ3) is 8.23. The third-order valence-electron chi connectivity index (χ3n) is 6.06. The number of hydrogen-bond acceptors (Lipinski definition) is 4. The Morgan fingerprint density at radius 2 is 1.87 bits per heavy atom. The predicted octanol–water partition coefficient (Wildman–Crippen LogP) is 2.23. The van der Waals surface area contributed by atoms with Crippen LogP contribution in [0.15, 0.2) is 35.3 Å². The molecule has 1 aromatic rings. The number of aliphatic hydroxyl groups is 1. The Bertz CT molecular complexity index is 676. The van der Waals surface area contributed by atoms with Crippen LogP contribution in [0.3, 0.4) is 0 Å². The Labute approximate surface area is 203 Å².